The number of pyridine rings is 1. The van der Waals surface area contributed by atoms with E-state index in [9.17, 15) is 13.2 Å². The first-order chi connectivity index (χ1) is 14.2. The molecule has 0 saturated heterocycles. The zero-order chi connectivity index (χ0) is 21.9. The average molecular weight is 469 g/mol. The molecule has 10 heteroatoms. The van der Waals surface area contributed by atoms with Crippen LogP contribution in [0.15, 0.2) is 30.5 Å². The molecule has 3 rings (SSSR count). The van der Waals surface area contributed by atoms with Crippen LogP contribution in [0, 0.1) is 6.92 Å². The fraction of sp³-hybridized carbons (Fsp3) is 0.350. The maximum absolute atomic E-state index is 12.5. The highest BCUT2D eigenvalue weighted by molar-refractivity contribution is 7.90. The van der Waals surface area contributed by atoms with Gasteiger partial charge >= 0.3 is 0 Å². The average Bonchev–Trinajstić information content (AvgIpc) is 2.98. The van der Waals surface area contributed by atoms with Gasteiger partial charge in [0.15, 0.2) is 5.65 Å². The monoisotopic (exact) mass is 468 g/mol. The number of carbonyl (C=O) groups excluding carboxylic acids is 1. The van der Waals surface area contributed by atoms with E-state index in [2.05, 4.69) is 14.7 Å². The molecule has 0 aliphatic carbocycles. The van der Waals surface area contributed by atoms with Crippen LogP contribution in [-0.2, 0) is 16.6 Å². The van der Waals surface area contributed by atoms with Gasteiger partial charge in [-0.2, -0.15) is 0 Å². The van der Waals surface area contributed by atoms with Crippen molar-refractivity contribution in [3.05, 3.63) is 57.5 Å². The highest BCUT2D eigenvalue weighted by atomic mass is 35.5. The Balaban J connectivity index is 1.88. The van der Waals surface area contributed by atoms with Crippen LogP contribution >= 0.6 is 23.2 Å². The number of aromatic nitrogens is 3. The van der Waals surface area contributed by atoms with Crippen LogP contribution in [0.3, 0.4) is 0 Å². The molecule has 0 spiro atoms. The van der Waals surface area contributed by atoms with E-state index in [0.29, 0.717) is 40.0 Å². The molecule has 7 nitrogen and oxygen atoms in total. The summed E-state index contributed by atoms with van der Waals surface area (Å²) < 4.78 is 28.2. The normalized spacial score (nSPS) is 11.7. The molecule has 0 atom stereocenters. The summed E-state index contributed by atoms with van der Waals surface area (Å²) in [6, 6.07) is 6.82. The van der Waals surface area contributed by atoms with Gasteiger partial charge in [0.1, 0.15) is 5.82 Å². The second-order valence-corrected chi connectivity index (χ2v) is 9.69. The van der Waals surface area contributed by atoms with Gasteiger partial charge in [-0.1, -0.05) is 49.0 Å². The third-order valence-electron chi connectivity index (χ3n) is 4.67. The maximum atomic E-state index is 12.5. The zero-order valence-corrected chi connectivity index (χ0v) is 19.0. The number of nitrogens with one attached hydrogen (secondary N) is 1. The molecule has 2 aromatic heterocycles. The number of nitrogens with zero attached hydrogens (tertiary/aromatic N) is 3. The van der Waals surface area contributed by atoms with Crippen molar-refractivity contribution >= 4 is 50.3 Å². The largest absolute Gasteiger partial charge is 0.322 e. The van der Waals surface area contributed by atoms with Gasteiger partial charge in [-0.05, 0) is 37.1 Å². The van der Waals surface area contributed by atoms with Gasteiger partial charge in [-0.25, -0.2) is 23.1 Å². The number of hydrogen-bond acceptors (Lipinski definition) is 5. The standard InChI is InChI=1S/C20H22Cl2N4O3S/c1-3-4-5-8-30(28,29)25-20(27)15-9-18-19(23-11-15)24-13(2)26(18)12-14-6-7-16(21)10-17(14)22/h6-7,9-11H,3-5,8,12H2,1-2H3,(H,25,27). The Morgan fingerprint density at radius 1 is 1.20 bits per heavy atom. The summed E-state index contributed by atoms with van der Waals surface area (Å²) in [4.78, 5) is 21.1. The Bertz CT molecular complexity index is 1190. The summed E-state index contributed by atoms with van der Waals surface area (Å²) in [5.74, 6) is -0.113. The number of sulfonamides is 1. The molecule has 1 aromatic carbocycles. The van der Waals surface area contributed by atoms with Crippen molar-refractivity contribution in [1.82, 2.24) is 19.3 Å². The van der Waals surface area contributed by atoms with Gasteiger partial charge in [0.2, 0.25) is 10.0 Å². The summed E-state index contributed by atoms with van der Waals surface area (Å²) in [6.07, 6.45) is 3.51. The van der Waals surface area contributed by atoms with Gasteiger partial charge in [0, 0.05) is 16.2 Å². The van der Waals surface area contributed by atoms with E-state index in [1.165, 1.54) is 6.20 Å². The van der Waals surface area contributed by atoms with Crippen molar-refractivity contribution in [3.63, 3.8) is 0 Å². The lowest BCUT2D eigenvalue weighted by molar-refractivity contribution is 0.0981. The van der Waals surface area contributed by atoms with Crippen molar-refractivity contribution in [2.75, 3.05) is 5.75 Å². The number of unbranched alkanes of at least 4 members (excludes halogenated alkanes) is 2. The number of benzene rings is 1. The van der Waals surface area contributed by atoms with Gasteiger partial charge in [0.05, 0.1) is 23.4 Å². The van der Waals surface area contributed by atoms with E-state index in [1.807, 2.05) is 24.5 Å². The van der Waals surface area contributed by atoms with E-state index in [4.69, 9.17) is 23.2 Å². The summed E-state index contributed by atoms with van der Waals surface area (Å²) in [7, 11) is -3.70. The molecule has 0 radical (unpaired) electrons. The smallest absolute Gasteiger partial charge is 0.266 e. The molecule has 0 saturated carbocycles. The van der Waals surface area contributed by atoms with Crippen LogP contribution in [0.25, 0.3) is 11.2 Å². The summed E-state index contributed by atoms with van der Waals surface area (Å²) in [5.41, 5.74) is 2.04. The summed E-state index contributed by atoms with van der Waals surface area (Å²) in [6.45, 7) is 4.21. The number of hydrogen-bond donors (Lipinski definition) is 1. The fourth-order valence-corrected chi connectivity index (χ4v) is 4.61. The van der Waals surface area contributed by atoms with Crippen LogP contribution in [0.2, 0.25) is 10.0 Å². The molecule has 2 heterocycles. The zero-order valence-electron chi connectivity index (χ0n) is 16.7. The topological polar surface area (TPSA) is 93.9 Å². The molecule has 0 aliphatic rings. The highest BCUT2D eigenvalue weighted by Crippen LogP contribution is 2.24. The molecule has 0 unspecified atom stereocenters. The number of carbonyl (C=O) groups is 1. The first-order valence-corrected chi connectivity index (χ1v) is 11.9. The number of imidazole rings is 1. The third-order valence-corrected chi connectivity index (χ3v) is 6.58. The number of amides is 1. The molecule has 1 amide bonds. The first-order valence-electron chi connectivity index (χ1n) is 9.52. The van der Waals surface area contributed by atoms with Crippen LogP contribution < -0.4 is 4.72 Å². The van der Waals surface area contributed by atoms with Crippen molar-refractivity contribution in [2.24, 2.45) is 0 Å². The summed E-state index contributed by atoms with van der Waals surface area (Å²) in [5, 5.41) is 1.06. The van der Waals surface area contributed by atoms with Gasteiger partial charge in [-0.15, -0.1) is 0 Å². The minimum Gasteiger partial charge on any atom is -0.322 e. The lowest BCUT2D eigenvalue weighted by Crippen LogP contribution is -2.32. The lowest BCUT2D eigenvalue weighted by Gasteiger charge is -2.10. The summed E-state index contributed by atoms with van der Waals surface area (Å²) >= 11 is 12.3. The van der Waals surface area contributed by atoms with Crippen molar-refractivity contribution < 1.29 is 13.2 Å². The van der Waals surface area contributed by atoms with Crippen molar-refractivity contribution in [1.29, 1.82) is 0 Å². The van der Waals surface area contributed by atoms with Crippen LogP contribution in [-0.4, -0.2) is 34.6 Å². The number of aryl methyl sites for hydroxylation is 1. The molecule has 3 aromatic rings. The van der Waals surface area contributed by atoms with E-state index >= 15 is 0 Å². The van der Waals surface area contributed by atoms with E-state index < -0.39 is 15.9 Å². The second kappa shape index (κ2) is 9.32. The van der Waals surface area contributed by atoms with Crippen LogP contribution in [0.1, 0.15) is 47.9 Å². The molecule has 1 N–H and O–H groups in total. The first kappa shape index (κ1) is 22.5. The van der Waals surface area contributed by atoms with Crippen molar-refractivity contribution in [2.45, 2.75) is 39.7 Å². The molecule has 0 bridgehead atoms. The van der Waals surface area contributed by atoms with Gasteiger partial charge in [0.25, 0.3) is 5.91 Å². The predicted octanol–water partition coefficient (Wildman–Crippen LogP) is 4.34. The predicted molar refractivity (Wildman–Crippen MR) is 119 cm³/mol. The molecular formula is C20H22Cl2N4O3S. The molecule has 0 fully saturated rings. The Hall–Kier alpha value is -2.16. The molecular weight excluding hydrogens is 447 g/mol. The van der Waals surface area contributed by atoms with Crippen LogP contribution in [0.5, 0.6) is 0 Å². The molecule has 0 aliphatic heterocycles. The van der Waals surface area contributed by atoms with Crippen molar-refractivity contribution in [3.8, 4) is 0 Å². The quantitative estimate of drug-likeness (QED) is 0.496. The number of fused-ring (bicyclic) bond motifs is 1. The number of rotatable bonds is 8. The minimum absolute atomic E-state index is 0.0889. The Morgan fingerprint density at radius 2 is 1.97 bits per heavy atom. The Morgan fingerprint density at radius 3 is 2.67 bits per heavy atom. The fourth-order valence-electron chi connectivity index (χ4n) is 3.06. The maximum Gasteiger partial charge on any atom is 0.266 e. The van der Waals surface area contributed by atoms with E-state index in [1.54, 1.807) is 18.2 Å². The molecule has 30 heavy (non-hydrogen) atoms. The van der Waals surface area contributed by atoms with E-state index in [-0.39, 0.29) is 11.3 Å². The van der Waals surface area contributed by atoms with Crippen LogP contribution in [0.4, 0.5) is 0 Å². The lowest BCUT2D eigenvalue weighted by atomic mass is 10.2. The Labute approximate surface area is 185 Å². The Kier molecular flexibility index (Phi) is 7.00. The van der Waals surface area contributed by atoms with E-state index in [0.717, 1.165) is 18.4 Å². The van der Waals surface area contributed by atoms with Gasteiger partial charge < -0.3 is 4.57 Å². The minimum atomic E-state index is -3.70. The third kappa shape index (κ3) is 5.30. The number of halogens is 2. The highest BCUT2D eigenvalue weighted by Gasteiger charge is 2.18. The molecule has 160 valence electrons. The van der Waals surface area contributed by atoms with Gasteiger partial charge in [-0.3, -0.25) is 4.79 Å². The SMILES string of the molecule is CCCCCS(=O)(=O)NC(=O)c1cnc2nc(C)n(Cc3ccc(Cl)cc3Cl)c2c1. The second-order valence-electron chi connectivity index (χ2n) is 7.00.